The van der Waals surface area contributed by atoms with Gasteiger partial charge in [0.1, 0.15) is 5.69 Å². The number of nitrogens with zero attached hydrogens (tertiary/aromatic N) is 3. The van der Waals surface area contributed by atoms with Gasteiger partial charge in [-0.2, -0.15) is 13.2 Å². The highest BCUT2D eigenvalue weighted by Gasteiger charge is 2.30. The maximum atomic E-state index is 12.4. The van der Waals surface area contributed by atoms with E-state index in [0.717, 1.165) is 12.3 Å². The first kappa shape index (κ1) is 11.6. The Bertz CT molecular complexity index is 683. The molecule has 0 amide bonds. The summed E-state index contributed by atoms with van der Waals surface area (Å²) in [7, 11) is 0. The Kier molecular flexibility index (Phi) is 2.48. The number of aromatic nitrogens is 4. The normalized spacial score (nSPS) is 11.9. The van der Waals surface area contributed by atoms with Gasteiger partial charge in [-0.1, -0.05) is 0 Å². The number of imidazole rings is 1. The highest BCUT2D eigenvalue weighted by molar-refractivity contribution is 5.74. The van der Waals surface area contributed by atoms with Crippen molar-refractivity contribution in [1.29, 1.82) is 0 Å². The molecule has 4 nitrogen and oxygen atoms in total. The molecule has 7 heteroatoms. The molecule has 0 aromatic carbocycles. The van der Waals surface area contributed by atoms with E-state index < -0.39 is 11.7 Å². The molecule has 19 heavy (non-hydrogen) atoms. The fraction of sp³-hybridized carbons (Fsp3) is 0.0833. The van der Waals surface area contributed by atoms with Crippen molar-refractivity contribution >= 4 is 11.2 Å². The lowest BCUT2D eigenvalue weighted by Crippen LogP contribution is -2.05. The minimum atomic E-state index is -4.39. The zero-order valence-electron chi connectivity index (χ0n) is 9.44. The van der Waals surface area contributed by atoms with Crippen molar-refractivity contribution in [1.82, 2.24) is 19.9 Å². The Hall–Kier alpha value is -2.44. The van der Waals surface area contributed by atoms with Gasteiger partial charge in [0.2, 0.25) is 0 Å². The summed E-state index contributed by atoms with van der Waals surface area (Å²) in [6.07, 6.45) is -2.01. The zero-order chi connectivity index (χ0) is 13.5. The van der Waals surface area contributed by atoms with Gasteiger partial charge in [0.15, 0.2) is 11.5 Å². The van der Waals surface area contributed by atoms with Gasteiger partial charge in [0, 0.05) is 12.4 Å². The summed E-state index contributed by atoms with van der Waals surface area (Å²) in [4.78, 5) is 14.9. The lowest BCUT2D eigenvalue weighted by atomic mass is 10.2. The molecule has 0 fully saturated rings. The lowest BCUT2D eigenvalue weighted by Gasteiger charge is -2.05. The second kappa shape index (κ2) is 4.04. The Balaban J connectivity index is 2.02. The molecule has 1 N–H and O–H groups in total. The minimum Gasteiger partial charge on any atom is -0.335 e. The fourth-order valence-electron chi connectivity index (χ4n) is 1.67. The maximum Gasteiger partial charge on any atom is 0.417 e. The van der Waals surface area contributed by atoms with Crippen LogP contribution in [-0.4, -0.2) is 19.9 Å². The van der Waals surface area contributed by atoms with E-state index >= 15 is 0 Å². The molecule has 3 aromatic rings. The second-order valence-corrected chi connectivity index (χ2v) is 3.89. The van der Waals surface area contributed by atoms with Gasteiger partial charge in [0.05, 0.1) is 11.1 Å². The van der Waals surface area contributed by atoms with E-state index in [1.165, 1.54) is 6.07 Å². The highest BCUT2D eigenvalue weighted by Crippen LogP contribution is 2.29. The first-order valence-electron chi connectivity index (χ1n) is 5.38. The van der Waals surface area contributed by atoms with Crippen molar-refractivity contribution in [2.75, 3.05) is 0 Å². The third-order valence-corrected chi connectivity index (χ3v) is 2.59. The molecule has 0 bridgehead atoms. The van der Waals surface area contributed by atoms with Crippen molar-refractivity contribution in [3.05, 3.63) is 42.2 Å². The van der Waals surface area contributed by atoms with Crippen LogP contribution in [0.1, 0.15) is 5.56 Å². The average Bonchev–Trinajstić information content (AvgIpc) is 2.81. The van der Waals surface area contributed by atoms with Crippen LogP contribution in [0.3, 0.4) is 0 Å². The predicted molar refractivity (Wildman–Crippen MR) is 62.1 cm³/mol. The highest BCUT2D eigenvalue weighted by atomic mass is 19.4. The number of H-pyrrole nitrogens is 1. The van der Waals surface area contributed by atoms with Crippen molar-refractivity contribution < 1.29 is 13.2 Å². The lowest BCUT2D eigenvalue weighted by molar-refractivity contribution is -0.137. The van der Waals surface area contributed by atoms with Gasteiger partial charge in [-0.05, 0) is 24.3 Å². The van der Waals surface area contributed by atoms with Crippen LogP contribution in [0.4, 0.5) is 13.2 Å². The molecule has 0 saturated heterocycles. The van der Waals surface area contributed by atoms with E-state index in [1.807, 2.05) is 0 Å². The Morgan fingerprint density at radius 2 is 1.89 bits per heavy atom. The van der Waals surface area contributed by atoms with E-state index in [9.17, 15) is 13.2 Å². The molecular weight excluding hydrogens is 257 g/mol. The fourth-order valence-corrected chi connectivity index (χ4v) is 1.67. The van der Waals surface area contributed by atoms with Gasteiger partial charge in [-0.25, -0.2) is 9.97 Å². The van der Waals surface area contributed by atoms with Gasteiger partial charge in [-0.15, -0.1) is 0 Å². The van der Waals surface area contributed by atoms with Crippen LogP contribution < -0.4 is 0 Å². The molecule has 0 aliphatic carbocycles. The first-order valence-corrected chi connectivity index (χ1v) is 5.38. The summed E-state index contributed by atoms with van der Waals surface area (Å²) >= 11 is 0. The largest absolute Gasteiger partial charge is 0.417 e. The van der Waals surface area contributed by atoms with E-state index in [1.54, 1.807) is 18.3 Å². The predicted octanol–water partition coefficient (Wildman–Crippen LogP) is 3.04. The van der Waals surface area contributed by atoms with Crippen LogP contribution in [0.2, 0.25) is 0 Å². The standard InChI is InChI=1S/C12H7F3N4/c13-12(14,15)7-3-4-8(17-6-7)11-18-9-2-1-5-16-10(9)19-11/h1-6H,(H,16,18,19). The Labute approximate surface area is 105 Å². The van der Waals surface area contributed by atoms with E-state index in [0.29, 0.717) is 22.7 Å². The number of alkyl halides is 3. The Morgan fingerprint density at radius 3 is 2.53 bits per heavy atom. The second-order valence-electron chi connectivity index (χ2n) is 3.89. The van der Waals surface area contributed by atoms with Gasteiger partial charge < -0.3 is 4.98 Å². The minimum absolute atomic E-state index is 0.339. The van der Waals surface area contributed by atoms with Crippen molar-refractivity contribution in [3.8, 4) is 11.5 Å². The van der Waals surface area contributed by atoms with Crippen LogP contribution in [0.15, 0.2) is 36.7 Å². The molecule has 0 aliphatic heterocycles. The number of aromatic amines is 1. The molecular formula is C12H7F3N4. The summed E-state index contributed by atoms with van der Waals surface area (Å²) in [6, 6.07) is 5.77. The monoisotopic (exact) mass is 264 g/mol. The number of hydrogen-bond acceptors (Lipinski definition) is 3. The van der Waals surface area contributed by atoms with Crippen molar-refractivity contribution in [2.45, 2.75) is 6.18 Å². The number of hydrogen-bond donors (Lipinski definition) is 1. The smallest absolute Gasteiger partial charge is 0.335 e. The zero-order valence-corrected chi connectivity index (χ0v) is 9.44. The molecule has 3 heterocycles. The quantitative estimate of drug-likeness (QED) is 0.735. The molecule has 0 atom stereocenters. The molecule has 0 aliphatic rings. The van der Waals surface area contributed by atoms with Crippen LogP contribution in [0, 0.1) is 0 Å². The van der Waals surface area contributed by atoms with E-state index in [2.05, 4.69) is 19.9 Å². The summed E-state index contributed by atoms with van der Waals surface area (Å²) in [6.45, 7) is 0. The number of fused-ring (bicyclic) bond motifs is 1. The Morgan fingerprint density at radius 1 is 1.05 bits per heavy atom. The summed E-state index contributed by atoms with van der Waals surface area (Å²) in [5.74, 6) is 0.391. The van der Waals surface area contributed by atoms with Gasteiger partial charge in [-0.3, -0.25) is 4.98 Å². The number of pyridine rings is 2. The summed E-state index contributed by atoms with van der Waals surface area (Å²) in [5.41, 5.74) is 0.759. The number of nitrogens with one attached hydrogen (secondary N) is 1. The van der Waals surface area contributed by atoms with Crippen LogP contribution in [0.5, 0.6) is 0 Å². The van der Waals surface area contributed by atoms with Gasteiger partial charge in [0.25, 0.3) is 0 Å². The van der Waals surface area contributed by atoms with Gasteiger partial charge >= 0.3 is 6.18 Å². The third kappa shape index (κ3) is 2.14. The summed E-state index contributed by atoms with van der Waals surface area (Å²) < 4.78 is 37.2. The third-order valence-electron chi connectivity index (χ3n) is 2.59. The number of rotatable bonds is 1. The molecule has 3 aromatic heterocycles. The van der Waals surface area contributed by atoms with Crippen molar-refractivity contribution in [3.63, 3.8) is 0 Å². The molecule has 0 spiro atoms. The maximum absolute atomic E-state index is 12.4. The van der Waals surface area contributed by atoms with Crippen LogP contribution >= 0.6 is 0 Å². The van der Waals surface area contributed by atoms with E-state index in [-0.39, 0.29) is 0 Å². The number of halogens is 3. The SMILES string of the molecule is FC(F)(F)c1ccc(-c2nc3ncccc3[nH]2)nc1. The first-order chi connectivity index (χ1) is 9.04. The van der Waals surface area contributed by atoms with Crippen molar-refractivity contribution in [2.24, 2.45) is 0 Å². The molecule has 0 radical (unpaired) electrons. The molecule has 3 rings (SSSR count). The summed E-state index contributed by atoms with van der Waals surface area (Å²) in [5, 5.41) is 0. The molecule has 96 valence electrons. The van der Waals surface area contributed by atoms with Crippen LogP contribution in [0.25, 0.3) is 22.7 Å². The average molecular weight is 264 g/mol. The topological polar surface area (TPSA) is 54.5 Å². The van der Waals surface area contributed by atoms with E-state index in [4.69, 9.17) is 0 Å². The van der Waals surface area contributed by atoms with Crippen LogP contribution in [-0.2, 0) is 6.18 Å². The molecule has 0 saturated carbocycles. The molecule has 0 unspecified atom stereocenters.